The molecule has 1 aromatic rings. The lowest BCUT2D eigenvalue weighted by molar-refractivity contribution is -0.163. The van der Waals surface area contributed by atoms with Gasteiger partial charge in [-0.15, -0.1) is 0 Å². The first kappa shape index (κ1) is 17.0. The van der Waals surface area contributed by atoms with E-state index in [1.165, 1.54) is 13.1 Å². The normalized spacial score (nSPS) is 13.9. The number of carboxylic acids is 2. The van der Waals surface area contributed by atoms with Crippen LogP contribution in [0, 0.1) is 11.7 Å². The molecule has 0 spiro atoms. The third-order valence-electron chi connectivity index (χ3n) is 2.93. The molecule has 7 nitrogen and oxygen atoms in total. The van der Waals surface area contributed by atoms with Crippen LogP contribution in [-0.2, 0) is 14.3 Å². The summed E-state index contributed by atoms with van der Waals surface area (Å²) in [5.74, 6) is -5.34. The van der Waals surface area contributed by atoms with Crippen molar-refractivity contribution >= 4 is 11.9 Å². The maximum Gasteiger partial charge on any atom is 0.320 e. The average Bonchev–Trinajstić information content (AvgIpc) is 2.41. The van der Waals surface area contributed by atoms with E-state index in [2.05, 4.69) is 10.3 Å². The van der Waals surface area contributed by atoms with Crippen molar-refractivity contribution in [3.8, 4) is 0 Å². The summed E-state index contributed by atoms with van der Waals surface area (Å²) in [5.41, 5.74) is 0.296. The monoisotopic (exact) mass is 300 g/mol. The zero-order valence-electron chi connectivity index (χ0n) is 11.6. The molecule has 116 valence electrons. The second-order valence-electron chi connectivity index (χ2n) is 4.24. The Morgan fingerprint density at radius 3 is 2.38 bits per heavy atom. The second kappa shape index (κ2) is 7.65. The lowest BCUT2D eigenvalue weighted by Crippen LogP contribution is -2.44. The first-order chi connectivity index (χ1) is 9.92. The zero-order valence-corrected chi connectivity index (χ0v) is 11.6. The molecule has 0 bridgehead atoms. The van der Waals surface area contributed by atoms with Crippen LogP contribution in [0.15, 0.2) is 18.3 Å². The largest absolute Gasteiger partial charge is 0.481 e. The van der Waals surface area contributed by atoms with Gasteiger partial charge in [-0.1, -0.05) is 0 Å². The molecule has 0 amide bonds. The highest BCUT2D eigenvalue weighted by Crippen LogP contribution is 2.24. The smallest absolute Gasteiger partial charge is 0.320 e. The van der Waals surface area contributed by atoms with Crippen LogP contribution in [0.25, 0.3) is 0 Å². The highest BCUT2D eigenvalue weighted by Gasteiger charge is 2.41. The molecule has 2 atom stereocenters. The Bertz CT molecular complexity index is 480. The Kier molecular flexibility index (Phi) is 6.19. The molecule has 0 aliphatic carbocycles. The van der Waals surface area contributed by atoms with Gasteiger partial charge >= 0.3 is 11.9 Å². The molecular formula is C13H17FN2O5. The maximum absolute atomic E-state index is 12.9. The summed E-state index contributed by atoms with van der Waals surface area (Å²) in [5, 5.41) is 21.0. The molecule has 0 aliphatic heterocycles. The quantitative estimate of drug-likeness (QED) is 0.605. The number of nitrogens with one attached hydrogen (secondary N) is 1. The molecule has 0 saturated heterocycles. The molecule has 1 aromatic heterocycles. The van der Waals surface area contributed by atoms with Crippen molar-refractivity contribution in [1.82, 2.24) is 10.3 Å². The number of carbonyl (C=O) groups is 2. The second-order valence-corrected chi connectivity index (χ2v) is 4.24. The lowest BCUT2D eigenvalue weighted by Gasteiger charge is -2.28. The standard InChI is InChI=1S/C13H17FN2O5/c1-3-21-11(9(12(17)18)13(19)20)10(15-2)8-5-4-7(14)6-16-8/h4-6,9-11,15H,3H2,1-2H3,(H,17,18)(H,19,20). The molecule has 0 radical (unpaired) electrons. The van der Waals surface area contributed by atoms with Crippen LogP contribution in [0.2, 0.25) is 0 Å². The number of aliphatic carboxylic acids is 2. The summed E-state index contributed by atoms with van der Waals surface area (Å²) < 4.78 is 18.2. The van der Waals surface area contributed by atoms with E-state index in [0.717, 1.165) is 12.3 Å². The predicted octanol–water partition coefficient (Wildman–Crippen LogP) is 0.672. The van der Waals surface area contributed by atoms with Crippen molar-refractivity contribution in [2.45, 2.75) is 19.1 Å². The number of rotatable bonds is 8. The molecule has 0 fully saturated rings. The number of aromatic nitrogens is 1. The first-order valence-corrected chi connectivity index (χ1v) is 6.28. The minimum Gasteiger partial charge on any atom is -0.481 e. The number of carboxylic acid groups (broad SMARTS) is 2. The molecule has 2 unspecified atom stereocenters. The van der Waals surface area contributed by atoms with Gasteiger partial charge in [0.25, 0.3) is 0 Å². The van der Waals surface area contributed by atoms with Gasteiger partial charge < -0.3 is 20.3 Å². The fourth-order valence-electron chi connectivity index (χ4n) is 2.02. The Morgan fingerprint density at radius 1 is 1.38 bits per heavy atom. The number of hydrogen-bond acceptors (Lipinski definition) is 5. The molecule has 3 N–H and O–H groups in total. The molecule has 8 heteroatoms. The molecular weight excluding hydrogens is 283 g/mol. The van der Waals surface area contributed by atoms with Crippen molar-refractivity contribution in [3.05, 3.63) is 29.8 Å². The number of hydrogen-bond donors (Lipinski definition) is 3. The Balaban J connectivity index is 3.18. The summed E-state index contributed by atoms with van der Waals surface area (Å²) >= 11 is 0. The third kappa shape index (κ3) is 4.20. The van der Waals surface area contributed by atoms with E-state index in [4.69, 9.17) is 14.9 Å². The van der Waals surface area contributed by atoms with Crippen molar-refractivity contribution < 1.29 is 28.9 Å². The summed E-state index contributed by atoms with van der Waals surface area (Å²) in [6.45, 7) is 1.75. The summed E-state index contributed by atoms with van der Waals surface area (Å²) in [4.78, 5) is 26.2. The minimum atomic E-state index is -1.77. The summed E-state index contributed by atoms with van der Waals surface area (Å²) in [6.07, 6.45) is -0.216. The fraction of sp³-hybridized carbons (Fsp3) is 0.462. The van der Waals surface area contributed by atoms with Gasteiger partial charge in [-0.2, -0.15) is 0 Å². The summed E-state index contributed by atoms with van der Waals surface area (Å²) in [7, 11) is 1.52. The highest BCUT2D eigenvalue weighted by atomic mass is 19.1. The molecule has 1 rings (SSSR count). The Morgan fingerprint density at radius 2 is 2.00 bits per heavy atom. The summed E-state index contributed by atoms with van der Waals surface area (Å²) in [6, 6.07) is 1.71. The van der Waals surface area contributed by atoms with E-state index < -0.39 is 35.8 Å². The minimum absolute atomic E-state index is 0.126. The lowest BCUT2D eigenvalue weighted by atomic mass is 9.93. The van der Waals surface area contributed by atoms with Gasteiger partial charge in [0.05, 0.1) is 17.9 Å². The van der Waals surface area contributed by atoms with Crippen LogP contribution in [-0.4, -0.2) is 46.9 Å². The van der Waals surface area contributed by atoms with Crippen LogP contribution in [0.3, 0.4) is 0 Å². The van der Waals surface area contributed by atoms with Crippen molar-refractivity contribution in [1.29, 1.82) is 0 Å². The molecule has 1 heterocycles. The van der Waals surface area contributed by atoms with Gasteiger partial charge in [-0.25, -0.2) is 4.39 Å². The van der Waals surface area contributed by atoms with Crippen molar-refractivity contribution in [3.63, 3.8) is 0 Å². The zero-order chi connectivity index (χ0) is 16.0. The van der Waals surface area contributed by atoms with Crippen LogP contribution in [0.4, 0.5) is 4.39 Å². The fourth-order valence-corrected chi connectivity index (χ4v) is 2.02. The molecule has 0 aliphatic rings. The maximum atomic E-state index is 12.9. The van der Waals surface area contributed by atoms with Gasteiger partial charge in [0.15, 0.2) is 5.92 Å². The van der Waals surface area contributed by atoms with Gasteiger partial charge in [0, 0.05) is 6.61 Å². The number of halogens is 1. The predicted molar refractivity (Wildman–Crippen MR) is 70.2 cm³/mol. The molecule has 0 aromatic carbocycles. The molecule has 0 saturated carbocycles. The average molecular weight is 300 g/mol. The Hall–Kier alpha value is -2.06. The van der Waals surface area contributed by atoms with E-state index in [9.17, 15) is 14.0 Å². The van der Waals surface area contributed by atoms with Gasteiger partial charge in [-0.05, 0) is 26.1 Å². The number of pyridine rings is 1. The van der Waals surface area contributed by atoms with Crippen molar-refractivity contribution in [2.75, 3.05) is 13.7 Å². The van der Waals surface area contributed by atoms with Gasteiger partial charge in [0.2, 0.25) is 0 Å². The number of likely N-dealkylation sites (N-methyl/N-ethyl adjacent to an activating group) is 1. The van der Waals surface area contributed by atoms with E-state index in [0.29, 0.717) is 5.69 Å². The van der Waals surface area contributed by atoms with Crippen LogP contribution in [0.5, 0.6) is 0 Å². The molecule has 21 heavy (non-hydrogen) atoms. The number of nitrogens with zero attached hydrogens (tertiary/aromatic N) is 1. The van der Waals surface area contributed by atoms with Gasteiger partial charge in [-0.3, -0.25) is 14.6 Å². The van der Waals surface area contributed by atoms with Crippen LogP contribution in [0.1, 0.15) is 18.7 Å². The van der Waals surface area contributed by atoms with E-state index in [1.807, 2.05) is 0 Å². The Labute approximate surface area is 120 Å². The van der Waals surface area contributed by atoms with Crippen LogP contribution >= 0.6 is 0 Å². The van der Waals surface area contributed by atoms with E-state index in [1.54, 1.807) is 6.92 Å². The van der Waals surface area contributed by atoms with E-state index in [-0.39, 0.29) is 6.61 Å². The third-order valence-corrected chi connectivity index (χ3v) is 2.93. The number of ether oxygens (including phenoxy) is 1. The van der Waals surface area contributed by atoms with Gasteiger partial charge in [0.1, 0.15) is 11.9 Å². The SMILES string of the molecule is CCOC(C(C(=O)O)C(=O)O)C(NC)c1ccc(F)cn1. The first-order valence-electron chi connectivity index (χ1n) is 6.28. The van der Waals surface area contributed by atoms with Crippen molar-refractivity contribution in [2.24, 2.45) is 5.92 Å². The van der Waals surface area contributed by atoms with E-state index >= 15 is 0 Å². The topological polar surface area (TPSA) is 109 Å². The van der Waals surface area contributed by atoms with Crippen LogP contribution < -0.4 is 5.32 Å². The highest BCUT2D eigenvalue weighted by molar-refractivity contribution is 5.93.